The van der Waals surface area contributed by atoms with Gasteiger partial charge in [-0.2, -0.15) is 0 Å². The Hall–Kier alpha value is -0.0400. The molecule has 1 atom stereocenters. The topological polar surface area (TPSA) is 16.6 Å². The molecule has 2 aliphatic rings. The molecule has 2 rings (SSSR count). The van der Waals surface area contributed by atoms with Gasteiger partial charge in [-0.25, -0.2) is 0 Å². The van der Waals surface area contributed by atoms with Gasteiger partial charge in [0, 0.05) is 5.92 Å². The molecular formula is C15H30N+. The minimum Gasteiger partial charge on any atom is -0.344 e. The fraction of sp³-hybridized carbons (Fsp3) is 1.00. The van der Waals surface area contributed by atoms with E-state index in [-0.39, 0.29) is 0 Å². The number of hydrogen-bond donors (Lipinski definition) is 1. The summed E-state index contributed by atoms with van der Waals surface area (Å²) in [6, 6.07) is 0.985. The second kappa shape index (κ2) is 7.32. The van der Waals surface area contributed by atoms with Crippen LogP contribution in [0.25, 0.3) is 0 Å². The molecule has 2 fully saturated rings. The highest BCUT2D eigenvalue weighted by atomic mass is 14.9. The fourth-order valence-electron chi connectivity index (χ4n) is 3.67. The molecular weight excluding hydrogens is 194 g/mol. The molecule has 0 aromatic carbocycles. The first kappa shape index (κ1) is 12.4. The van der Waals surface area contributed by atoms with E-state index in [1.165, 1.54) is 83.6 Å². The van der Waals surface area contributed by atoms with Crippen molar-refractivity contribution in [1.82, 2.24) is 0 Å². The lowest BCUT2D eigenvalue weighted by Gasteiger charge is -2.28. The maximum absolute atomic E-state index is 2.70. The zero-order chi connectivity index (χ0) is 11.1. The summed E-state index contributed by atoms with van der Waals surface area (Å²) in [6.07, 6.45) is 18.0. The van der Waals surface area contributed by atoms with E-state index in [0.29, 0.717) is 0 Å². The molecule has 0 radical (unpaired) electrons. The second-order valence-electron chi connectivity index (χ2n) is 6.00. The Kier molecular flexibility index (Phi) is 5.68. The molecule has 0 aromatic heterocycles. The van der Waals surface area contributed by atoms with Crippen molar-refractivity contribution in [2.24, 2.45) is 5.92 Å². The van der Waals surface area contributed by atoms with E-state index in [1.807, 2.05) is 0 Å². The normalized spacial score (nSPS) is 31.1. The molecule has 0 spiro atoms. The standard InChI is InChI=1S/C15H29N/c1-2-6-10-14(11-7-3-1)15-12-8-4-5-9-13-16-15/h14-16H,1-13H2/p+1. The van der Waals surface area contributed by atoms with Crippen LogP contribution in [-0.2, 0) is 0 Å². The lowest BCUT2D eigenvalue weighted by molar-refractivity contribution is -0.698. The second-order valence-corrected chi connectivity index (χ2v) is 6.00. The highest BCUT2D eigenvalue weighted by Crippen LogP contribution is 2.26. The molecule has 1 unspecified atom stereocenters. The van der Waals surface area contributed by atoms with E-state index in [0.717, 1.165) is 12.0 Å². The first-order valence-corrected chi connectivity index (χ1v) is 7.80. The summed E-state index contributed by atoms with van der Waals surface area (Å²) in [5.74, 6) is 1.05. The number of nitrogens with two attached hydrogens (primary N) is 1. The molecule has 94 valence electrons. The van der Waals surface area contributed by atoms with Gasteiger partial charge in [0.05, 0.1) is 12.6 Å². The quantitative estimate of drug-likeness (QED) is 0.704. The molecule has 0 aromatic rings. The zero-order valence-electron chi connectivity index (χ0n) is 10.9. The SMILES string of the molecule is C1CCCC(C2CCCCCC[NH2+]2)CCC1. The Morgan fingerprint density at radius 2 is 1.12 bits per heavy atom. The molecule has 1 aliphatic carbocycles. The molecule has 0 amide bonds. The van der Waals surface area contributed by atoms with Gasteiger partial charge in [-0.1, -0.05) is 38.5 Å². The van der Waals surface area contributed by atoms with Gasteiger partial charge in [-0.15, -0.1) is 0 Å². The molecule has 1 aliphatic heterocycles. The van der Waals surface area contributed by atoms with Crippen molar-refractivity contribution in [1.29, 1.82) is 0 Å². The summed E-state index contributed by atoms with van der Waals surface area (Å²) in [5, 5.41) is 2.70. The monoisotopic (exact) mass is 224 g/mol. The fourth-order valence-corrected chi connectivity index (χ4v) is 3.67. The van der Waals surface area contributed by atoms with Crippen LogP contribution in [0.1, 0.15) is 77.0 Å². The molecule has 1 nitrogen and oxygen atoms in total. The summed E-state index contributed by atoms with van der Waals surface area (Å²) >= 11 is 0. The Balaban J connectivity index is 1.81. The van der Waals surface area contributed by atoms with Crippen LogP contribution in [0, 0.1) is 5.92 Å². The van der Waals surface area contributed by atoms with Crippen LogP contribution in [0.3, 0.4) is 0 Å². The summed E-state index contributed by atoms with van der Waals surface area (Å²) < 4.78 is 0. The van der Waals surface area contributed by atoms with Crippen LogP contribution < -0.4 is 5.32 Å². The van der Waals surface area contributed by atoms with Gasteiger partial charge in [0.2, 0.25) is 0 Å². The number of hydrogen-bond acceptors (Lipinski definition) is 0. The molecule has 1 saturated heterocycles. The Bertz CT molecular complexity index is 142. The first-order valence-electron chi connectivity index (χ1n) is 7.80. The smallest absolute Gasteiger partial charge is 0.0887 e. The van der Waals surface area contributed by atoms with Gasteiger partial charge >= 0.3 is 0 Å². The predicted octanol–water partition coefficient (Wildman–Crippen LogP) is 3.24. The van der Waals surface area contributed by atoms with Crippen molar-refractivity contribution in [3.05, 3.63) is 0 Å². The van der Waals surface area contributed by atoms with Gasteiger partial charge in [0.15, 0.2) is 0 Å². The van der Waals surface area contributed by atoms with E-state index >= 15 is 0 Å². The highest BCUT2D eigenvalue weighted by Gasteiger charge is 2.24. The minimum atomic E-state index is 0.985. The average Bonchev–Trinajstić information content (AvgIpc) is 2.18. The van der Waals surface area contributed by atoms with Crippen LogP contribution in [0.2, 0.25) is 0 Å². The lowest BCUT2D eigenvalue weighted by atomic mass is 9.83. The van der Waals surface area contributed by atoms with Crippen molar-refractivity contribution in [3.63, 3.8) is 0 Å². The average molecular weight is 224 g/mol. The van der Waals surface area contributed by atoms with Gasteiger partial charge < -0.3 is 5.32 Å². The van der Waals surface area contributed by atoms with Gasteiger partial charge in [-0.3, -0.25) is 0 Å². The van der Waals surface area contributed by atoms with E-state index in [9.17, 15) is 0 Å². The predicted molar refractivity (Wildman–Crippen MR) is 69.5 cm³/mol. The van der Waals surface area contributed by atoms with Crippen LogP contribution in [0.4, 0.5) is 0 Å². The molecule has 1 heteroatoms. The van der Waals surface area contributed by atoms with E-state index in [4.69, 9.17) is 0 Å². The van der Waals surface area contributed by atoms with Crippen LogP contribution >= 0.6 is 0 Å². The van der Waals surface area contributed by atoms with Crippen molar-refractivity contribution < 1.29 is 5.32 Å². The van der Waals surface area contributed by atoms with Crippen LogP contribution in [0.5, 0.6) is 0 Å². The molecule has 1 saturated carbocycles. The third-order valence-electron chi connectivity index (χ3n) is 4.72. The first-order chi connectivity index (χ1) is 7.97. The largest absolute Gasteiger partial charge is 0.344 e. The van der Waals surface area contributed by atoms with Crippen molar-refractivity contribution in [2.75, 3.05) is 6.54 Å². The Labute approximate surface area is 101 Å². The maximum atomic E-state index is 2.70. The third-order valence-corrected chi connectivity index (χ3v) is 4.72. The number of quaternary nitrogens is 1. The Morgan fingerprint density at radius 1 is 0.562 bits per heavy atom. The van der Waals surface area contributed by atoms with Crippen molar-refractivity contribution >= 4 is 0 Å². The number of rotatable bonds is 1. The third kappa shape index (κ3) is 4.08. The lowest BCUT2D eigenvalue weighted by Crippen LogP contribution is -2.91. The van der Waals surface area contributed by atoms with Gasteiger partial charge in [0.25, 0.3) is 0 Å². The molecule has 2 N–H and O–H groups in total. The van der Waals surface area contributed by atoms with Crippen LogP contribution in [-0.4, -0.2) is 12.6 Å². The molecule has 16 heavy (non-hydrogen) atoms. The van der Waals surface area contributed by atoms with Crippen LogP contribution in [0.15, 0.2) is 0 Å². The van der Waals surface area contributed by atoms with E-state index in [1.54, 1.807) is 0 Å². The summed E-state index contributed by atoms with van der Waals surface area (Å²) in [7, 11) is 0. The summed E-state index contributed by atoms with van der Waals surface area (Å²) in [4.78, 5) is 0. The van der Waals surface area contributed by atoms with Crippen molar-refractivity contribution in [2.45, 2.75) is 83.1 Å². The van der Waals surface area contributed by atoms with E-state index in [2.05, 4.69) is 5.32 Å². The summed E-state index contributed by atoms with van der Waals surface area (Å²) in [6.45, 7) is 1.40. The highest BCUT2D eigenvalue weighted by molar-refractivity contribution is 4.72. The summed E-state index contributed by atoms with van der Waals surface area (Å²) in [5.41, 5.74) is 0. The maximum Gasteiger partial charge on any atom is 0.0887 e. The minimum absolute atomic E-state index is 0.985. The van der Waals surface area contributed by atoms with E-state index < -0.39 is 0 Å². The zero-order valence-corrected chi connectivity index (χ0v) is 10.9. The van der Waals surface area contributed by atoms with Gasteiger partial charge in [0.1, 0.15) is 0 Å². The molecule has 0 bridgehead atoms. The van der Waals surface area contributed by atoms with Gasteiger partial charge in [-0.05, 0) is 38.5 Å². The van der Waals surface area contributed by atoms with Crippen molar-refractivity contribution in [3.8, 4) is 0 Å². The molecule has 1 heterocycles. The Morgan fingerprint density at radius 3 is 1.88 bits per heavy atom.